The highest BCUT2D eigenvalue weighted by Gasteiger charge is 2.38. The van der Waals surface area contributed by atoms with Crippen LogP contribution >= 0.6 is 0 Å². The van der Waals surface area contributed by atoms with Crippen LogP contribution in [0, 0.1) is 17.8 Å². The summed E-state index contributed by atoms with van der Waals surface area (Å²) in [7, 11) is 0. The van der Waals surface area contributed by atoms with Gasteiger partial charge in [0.2, 0.25) is 35.4 Å². The molecule has 8 amide bonds. The van der Waals surface area contributed by atoms with Gasteiger partial charge in [-0.2, -0.15) is 0 Å². The van der Waals surface area contributed by atoms with Crippen LogP contribution in [0.1, 0.15) is 97.4 Å². The molecule has 1 unspecified atom stereocenters. The Bertz CT molecular complexity index is 2120. The lowest BCUT2D eigenvalue weighted by molar-refractivity contribution is -0.139. The Balaban J connectivity index is 1.50. The van der Waals surface area contributed by atoms with Crippen molar-refractivity contribution in [2.75, 3.05) is 13.2 Å². The average Bonchev–Trinajstić information content (AvgIpc) is 3.84. The van der Waals surface area contributed by atoms with E-state index in [2.05, 4.69) is 41.9 Å². The van der Waals surface area contributed by atoms with E-state index >= 15 is 0 Å². The van der Waals surface area contributed by atoms with Crippen LogP contribution in [0.3, 0.4) is 0 Å². The van der Waals surface area contributed by atoms with Crippen molar-refractivity contribution in [2.45, 2.75) is 136 Å². The van der Waals surface area contributed by atoms with E-state index in [9.17, 15) is 38.4 Å². The topological polar surface area (TPSA) is 259 Å². The predicted molar refractivity (Wildman–Crippen MR) is 252 cm³/mol. The SMILES string of the molecule is CCOC(=O)N1CCCCC1C(=O)NC(=O)[C@@H](NC(=O)[C@@H](NC(=O)[C@H](CC(C)C)NC(=O)[C@H](Cc1cnc[nH]1)NC(=O)[C@H](Cc1ccccc1)NC(=O)OCc1ccccc1)C(C)C)[C@@H](C)CC. The van der Waals surface area contributed by atoms with Gasteiger partial charge in [-0.15, -0.1) is 0 Å². The second kappa shape index (κ2) is 27.1. The number of aromatic nitrogens is 2. The number of H-pyrrole nitrogens is 1. The Morgan fingerprint density at radius 3 is 1.88 bits per heavy atom. The number of imidazole rings is 1. The number of piperidine rings is 1. The van der Waals surface area contributed by atoms with Crippen molar-refractivity contribution in [3.63, 3.8) is 0 Å². The second-order valence-electron chi connectivity index (χ2n) is 17.8. The van der Waals surface area contributed by atoms with Crippen LogP contribution in [0.4, 0.5) is 9.59 Å². The number of nitrogens with one attached hydrogen (secondary N) is 7. The quantitative estimate of drug-likeness (QED) is 0.0719. The van der Waals surface area contributed by atoms with Crippen molar-refractivity contribution in [2.24, 2.45) is 17.8 Å². The van der Waals surface area contributed by atoms with Gasteiger partial charge in [-0.25, -0.2) is 14.6 Å². The summed E-state index contributed by atoms with van der Waals surface area (Å²) in [6.45, 7) is 12.7. The summed E-state index contributed by atoms with van der Waals surface area (Å²) in [5.41, 5.74) is 1.97. The van der Waals surface area contributed by atoms with E-state index in [1.807, 2.05) is 45.0 Å². The lowest BCUT2D eigenvalue weighted by Gasteiger charge is -2.34. The Morgan fingerprint density at radius 1 is 0.691 bits per heavy atom. The first kappa shape index (κ1) is 53.8. The van der Waals surface area contributed by atoms with Crippen molar-refractivity contribution >= 4 is 47.6 Å². The summed E-state index contributed by atoms with van der Waals surface area (Å²) in [6, 6.07) is 11.1. The summed E-state index contributed by atoms with van der Waals surface area (Å²) in [4.78, 5) is 118. The maximum absolute atomic E-state index is 14.3. The van der Waals surface area contributed by atoms with Crippen molar-refractivity contribution in [1.29, 1.82) is 0 Å². The molecule has 370 valence electrons. The summed E-state index contributed by atoms with van der Waals surface area (Å²) >= 11 is 0. The molecular formula is C49H69N9O10. The van der Waals surface area contributed by atoms with Gasteiger partial charge >= 0.3 is 12.2 Å². The maximum Gasteiger partial charge on any atom is 0.410 e. The predicted octanol–water partition coefficient (Wildman–Crippen LogP) is 3.83. The van der Waals surface area contributed by atoms with Gasteiger partial charge in [-0.05, 0) is 61.5 Å². The van der Waals surface area contributed by atoms with Gasteiger partial charge in [0.1, 0.15) is 42.9 Å². The fourth-order valence-electron chi connectivity index (χ4n) is 7.68. The van der Waals surface area contributed by atoms with Crippen molar-refractivity contribution in [3.8, 4) is 0 Å². The number of likely N-dealkylation sites (tertiary alicyclic amines) is 1. The van der Waals surface area contributed by atoms with Crippen LogP contribution in [-0.2, 0) is 57.7 Å². The van der Waals surface area contributed by atoms with E-state index in [-0.39, 0.29) is 38.4 Å². The first-order valence-electron chi connectivity index (χ1n) is 23.5. The fourth-order valence-corrected chi connectivity index (χ4v) is 7.68. The standard InChI is InChI=1S/C49H69N9O10/c1-8-32(7)41(47(64)57-45(62)39-22-16-17-23-58(39)49(66)67-9-2)56-46(63)40(31(5)6)55-44(61)36(24-30(3)4)52-43(60)38(26-35-27-50-29-51-35)53-42(59)37(25-33-18-12-10-13-19-33)54-48(65)68-28-34-20-14-11-15-21-34/h10-15,18-21,27,29-32,36-41H,8-9,16-17,22-26,28H2,1-7H3,(H,50,51)(H,52,60)(H,53,59)(H,54,65)(H,55,61)(H,56,63)(H,57,62,64)/t32-,36-,37-,38-,39?,40-,41-/m0/s1. The van der Waals surface area contributed by atoms with Gasteiger partial charge in [0.25, 0.3) is 0 Å². The van der Waals surface area contributed by atoms with Gasteiger partial charge in [0.15, 0.2) is 0 Å². The minimum absolute atomic E-state index is 0.0379. The molecule has 1 aliphatic heterocycles. The molecule has 68 heavy (non-hydrogen) atoms. The molecule has 2 heterocycles. The number of hydrogen-bond acceptors (Lipinski definition) is 11. The number of alkyl carbamates (subject to hydrolysis) is 1. The smallest absolute Gasteiger partial charge is 0.410 e. The highest BCUT2D eigenvalue weighted by atomic mass is 16.6. The number of amides is 8. The summed E-state index contributed by atoms with van der Waals surface area (Å²) < 4.78 is 10.6. The summed E-state index contributed by atoms with van der Waals surface area (Å²) in [5.74, 6) is -5.31. The first-order chi connectivity index (χ1) is 32.5. The van der Waals surface area contributed by atoms with E-state index in [0.717, 1.165) is 11.1 Å². The van der Waals surface area contributed by atoms with Crippen LogP contribution in [0.2, 0.25) is 0 Å². The molecule has 7 N–H and O–H groups in total. The molecule has 19 nitrogen and oxygen atoms in total. The number of carbonyl (C=O) groups is 8. The van der Waals surface area contributed by atoms with Crippen LogP contribution in [0.15, 0.2) is 73.2 Å². The monoisotopic (exact) mass is 944 g/mol. The Labute approximate surface area is 398 Å². The number of hydrogen-bond donors (Lipinski definition) is 7. The Morgan fingerprint density at radius 2 is 1.29 bits per heavy atom. The second-order valence-corrected chi connectivity index (χ2v) is 17.8. The molecule has 1 saturated heterocycles. The first-order valence-corrected chi connectivity index (χ1v) is 23.5. The highest BCUT2D eigenvalue weighted by molar-refractivity contribution is 6.03. The molecule has 1 aromatic heterocycles. The third-order valence-electron chi connectivity index (χ3n) is 11.7. The summed E-state index contributed by atoms with van der Waals surface area (Å²) in [6.07, 6.45) is 3.69. The van der Waals surface area contributed by atoms with Crippen molar-refractivity contribution < 1.29 is 47.8 Å². The molecule has 0 radical (unpaired) electrons. The Hall–Kier alpha value is -6.79. The minimum atomic E-state index is -1.27. The van der Waals surface area contributed by atoms with Crippen LogP contribution in [0.5, 0.6) is 0 Å². The number of carbonyl (C=O) groups excluding carboxylic acids is 8. The number of aromatic amines is 1. The molecular weight excluding hydrogens is 875 g/mol. The number of rotatable bonds is 23. The molecule has 1 fully saturated rings. The molecule has 19 heteroatoms. The number of benzene rings is 2. The molecule has 3 aromatic rings. The van der Waals surface area contributed by atoms with Gasteiger partial charge in [-0.1, -0.05) is 109 Å². The summed E-state index contributed by atoms with van der Waals surface area (Å²) in [5, 5.41) is 16.2. The lowest BCUT2D eigenvalue weighted by Crippen LogP contribution is -2.62. The molecule has 0 saturated carbocycles. The largest absolute Gasteiger partial charge is 0.450 e. The van der Waals surface area contributed by atoms with Gasteiger partial charge in [0, 0.05) is 31.3 Å². The maximum atomic E-state index is 14.3. The van der Waals surface area contributed by atoms with E-state index in [0.29, 0.717) is 37.9 Å². The normalized spacial score (nSPS) is 16.2. The van der Waals surface area contributed by atoms with Crippen LogP contribution < -0.4 is 31.9 Å². The van der Waals surface area contributed by atoms with Crippen molar-refractivity contribution in [3.05, 3.63) is 90.0 Å². The van der Waals surface area contributed by atoms with Crippen LogP contribution in [0.25, 0.3) is 0 Å². The highest BCUT2D eigenvalue weighted by Crippen LogP contribution is 2.19. The number of nitrogens with zero attached hydrogens (tertiary/aromatic N) is 2. The van der Waals surface area contributed by atoms with Crippen molar-refractivity contribution in [1.82, 2.24) is 46.8 Å². The molecule has 7 atom stereocenters. The zero-order valence-electron chi connectivity index (χ0n) is 40.2. The molecule has 0 bridgehead atoms. The molecule has 2 aromatic carbocycles. The van der Waals surface area contributed by atoms with Crippen LogP contribution in [-0.4, -0.2) is 112 Å². The zero-order valence-corrected chi connectivity index (χ0v) is 40.2. The van der Waals surface area contributed by atoms with E-state index in [1.54, 1.807) is 64.1 Å². The molecule has 4 rings (SSSR count). The Kier molecular flexibility index (Phi) is 21.5. The third kappa shape index (κ3) is 16.8. The van der Waals surface area contributed by atoms with Gasteiger partial charge in [-0.3, -0.25) is 39.0 Å². The fraction of sp³-hybridized carbons (Fsp3) is 0.531. The number of ether oxygens (including phenoxy) is 2. The van der Waals surface area contributed by atoms with Gasteiger partial charge in [0.05, 0.1) is 12.9 Å². The average molecular weight is 944 g/mol. The zero-order chi connectivity index (χ0) is 49.8. The van der Waals surface area contributed by atoms with Gasteiger partial charge < -0.3 is 41.0 Å². The van der Waals surface area contributed by atoms with E-state index < -0.39 is 95.7 Å². The van der Waals surface area contributed by atoms with E-state index in [4.69, 9.17) is 9.47 Å². The third-order valence-corrected chi connectivity index (χ3v) is 11.7. The van der Waals surface area contributed by atoms with E-state index in [1.165, 1.54) is 17.4 Å². The molecule has 0 spiro atoms. The molecule has 0 aliphatic carbocycles. The lowest BCUT2D eigenvalue weighted by atomic mass is 9.95. The molecule has 1 aliphatic rings. The minimum Gasteiger partial charge on any atom is -0.450 e. The number of imide groups is 1.